The molecule has 1 saturated heterocycles. The number of aryl methyl sites for hydroxylation is 1. The highest BCUT2D eigenvalue weighted by Crippen LogP contribution is 2.35. The fourth-order valence-electron chi connectivity index (χ4n) is 3.66. The Labute approximate surface area is 161 Å². The molecule has 1 aromatic carbocycles. The van der Waals surface area contributed by atoms with Crippen LogP contribution in [0.5, 0.6) is 0 Å². The van der Waals surface area contributed by atoms with Crippen LogP contribution >= 0.6 is 0 Å². The van der Waals surface area contributed by atoms with E-state index in [1.54, 1.807) is 6.07 Å². The van der Waals surface area contributed by atoms with Gasteiger partial charge in [-0.2, -0.15) is 4.31 Å². The summed E-state index contributed by atoms with van der Waals surface area (Å²) in [5.41, 5.74) is 1.57. The summed E-state index contributed by atoms with van der Waals surface area (Å²) in [5, 5.41) is 3.02. The summed E-state index contributed by atoms with van der Waals surface area (Å²) in [6.07, 6.45) is 2.89. The van der Waals surface area contributed by atoms with Gasteiger partial charge in [-0.05, 0) is 43.5 Å². The molecule has 148 valence electrons. The number of sulfonamides is 1. The van der Waals surface area contributed by atoms with Gasteiger partial charge in [0.1, 0.15) is 5.82 Å². The van der Waals surface area contributed by atoms with E-state index in [-0.39, 0.29) is 10.5 Å². The minimum Gasteiger partial charge on any atom is -0.292 e. The Kier molecular flexibility index (Phi) is 4.80. The summed E-state index contributed by atoms with van der Waals surface area (Å²) in [6.45, 7) is 2.28. The Morgan fingerprint density at radius 2 is 1.96 bits per heavy atom. The molecule has 7 nitrogen and oxygen atoms in total. The van der Waals surface area contributed by atoms with Crippen molar-refractivity contribution in [1.82, 2.24) is 18.9 Å². The largest absolute Gasteiger partial charge is 0.292 e. The first-order valence-corrected chi connectivity index (χ1v) is 10.7. The van der Waals surface area contributed by atoms with Gasteiger partial charge in [-0.15, -0.1) is 0 Å². The molecule has 4 rings (SSSR count). The predicted octanol–water partition coefficient (Wildman–Crippen LogP) is 2.64. The SMILES string of the molecule is CCc1cc(=O)n2[nH]c(C3CCCCN3S(=O)(=O)c3ccc(F)cc3)cc2n1. The molecule has 1 unspecified atom stereocenters. The monoisotopic (exact) mass is 404 g/mol. The van der Waals surface area contributed by atoms with Gasteiger partial charge in [0.25, 0.3) is 5.56 Å². The Morgan fingerprint density at radius 1 is 1.21 bits per heavy atom. The smallest absolute Gasteiger partial charge is 0.272 e. The van der Waals surface area contributed by atoms with E-state index in [0.717, 1.165) is 25.0 Å². The number of halogens is 1. The third-order valence-electron chi connectivity index (χ3n) is 5.12. The minimum atomic E-state index is -3.80. The first-order valence-electron chi connectivity index (χ1n) is 9.29. The van der Waals surface area contributed by atoms with Crippen LogP contribution in [0, 0.1) is 5.82 Å². The maximum absolute atomic E-state index is 13.2. The second kappa shape index (κ2) is 7.14. The molecule has 1 atom stereocenters. The first-order chi connectivity index (χ1) is 13.4. The molecule has 0 spiro atoms. The zero-order valence-corrected chi connectivity index (χ0v) is 16.2. The second-order valence-corrected chi connectivity index (χ2v) is 8.82. The van der Waals surface area contributed by atoms with Crippen molar-refractivity contribution in [3.05, 3.63) is 64.0 Å². The number of benzene rings is 1. The van der Waals surface area contributed by atoms with Crippen LogP contribution in [-0.4, -0.2) is 33.9 Å². The van der Waals surface area contributed by atoms with Gasteiger partial charge in [-0.25, -0.2) is 22.3 Å². The molecule has 1 N–H and O–H groups in total. The van der Waals surface area contributed by atoms with E-state index in [0.29, 0.717) is 36.4 Å². The fourth-order valence-corrected chi connectivity index (χ4v) is 5.33. The van der Waals surface area contributed by atoms with E-state index in [9.17, 15) is 17.6 Å². The van der Waals surface area contributed by atoms with Gasteiger partial charge < -0.3 is 0 Å². The zero-order chi connectivity index (χ0) is 19.9. The lowest BCUT2D eigenvalue weighted by Crippen LogP contribution is -2.38. The molecule has 3 heterocycles. The quantitative estimate of drug-likeness (QED) is 0.724. The van der Waals surface area contributed by atoms with Crippen molar-refractivity contribution in [3.63, 3.8) is 0 Å². The summed E-state index contributed by atoms with van der Waals surface area (Å²) >= 11 is 0. The molecule has 0 bridgehead atoms. The van der Waals surface area contributed by atoms with Crippen molar-refractivity contribution < 1.29 is 12.8 Å². The molecular formula is C19H21FN4O3S. The van der Waals surface area contributed by atoms with E-state index in [2.05, 4.69) is 10.1 Å². The van der Waals surface area contributed by atoms with Crippen molar-refractivity contribution in [3.8, 4) is 0 Å². The van der Waals surface area contributed by atoms with Gasteiger partial charge in [0.05, 0.1) is 16.6 Å². The van der Waals surface area contributed by atoms with Crippen LogP contribution in [0.2, 0.25) is 0 Å². The Hall–Kier alpha value is -2.52. The third-order valence-corrected chi connectivity index (χ3v) is 7.04. The number of H-pyrrole nitrogens is 1. The Bertz CT molecular complexity index is 1170. The lowest BCUT2D eigenvalue weighted by Gasteiger charge is -2.34. The predicted molar refractivity (Wildman–Crippen MR) is 102 cm³/mol. The van der Waals surface area contributed by atoms with Crippen LogP contribution in [0.15, 0.2) is 46.1 Å². The van der Waals surface area contributed by atoms with Crippen LogP contribution in [-0.2, 0) is 16.4 Å². The van der Waals surface area contributed by atoms with Crippen molar-refractivity contribution in [1.29, 1.82) is 0 Å². The summed E-state index contributed by atoms with van der Waals surface area (Å²) in [6, 6.07) is 7.62. The number of fused-ring (bicyclic) bond motifs is 1. The Morgan fingerprint density at radius 3 is 2.68 bits per heavy atom. The number of nitrogens with zero attached hydrogens (tertiary/aromatic N) is 3. The molecular weight excluding hydrogens is 383 g/mol. The molecule has 2 aromatic heterocycles. The third kappa shape index (κ3) is 3.24. The molecule has 0 radical (unpaired) electrons. The standard InChI is InChI=1S/C19H21FN4O3S/c1-2-14-11-19(25)24-18(21-14)12-16(22-24)17-5-3-4-10-23(17)28(26,27)15-8-6-13(20)7-9-15/h6-9,11-12,17,22H,2-5,10H2,1H3. The number of aromatic amines is 1. The second-order valence-electron chi connectivity index (χ2n) is 6.93. The molecule has 0 saturated carbocycles. The van der Waals surface area contributed by atoms with E-state index >= 15 is 0 Å². The van der Waals surface area contributed by atoms with E-state index < -0.39 is 21.9 Å². The highest BCUT2D eigenvalue weighted by atomic mass is 32.2. The lowest BCUT2D eigenvalue weighted by atomic mass is 10.0. The molecule has 9 heteroatoms. The van der Waals surface area contributed by atoms with E-state index in [1.807, 2.05) is 6.92 Å². The highest BCUT2D eigenvalue weighted by molar-refractivity contribution is 7.89. The highest BCUT2D eigenvalue weighted by Gasteiger charge is 2.35. The van der Waals surface area contributed by atoms with E-state index in [4.69, 9.17) is 0 Å². The number of hydrogen-bond donors (Lipinski definition) is 1. The maximum Gasteiger partial charge on any atom is 0.272 e. The van der Waals surface area contributed by atoms with E-state index in [1.165, 1.54) is 27.0 Å². The van der Waals surface area contributed by atoms with Gasteiger partial charge >= 0.3 is 0 Å². The number of piperidine rings is 1. The lowest BCUT2D eigenvalue weighted by molar-refractivity contribution is 0.251. The number of hydrogen-bond acceptors (Lipinski definition) is 4. The van der Waals surface area contributed by atoms with Crippen molar-refractivity contribution >= 4 is 15.7 Å². The van der Waals surface area contributed by atoms with Gasteiger partial charge in [-0.3, -0.25) is 9.89 Å². The van der Waals surface area contributed by atoms with Crippen LogP contribution in [0.4, 0.5) is 4.39 Å². The van der Waals surface area contributed by atoms with Crippen LogP contribution in [0.25, 0.3) is 5.65 Å². The van der Waals surface area contributed by atoms with Crippen molar-refractivity contribution in [2.45, 2.75) is 43.5 Å². The average Bonchev–Trinajstić information content (AvgIpc) is 3.13. The molecule has 1 aliphatic heterocycles. The molecule has 0 amide bonds. The summed E-state index contributed by atoms with van der Waals surface area (Å²) < 4.78 is 42.3. The van der Waals surface area contributed by atoms with Gasteiger partial charge in [0.2, 0.25) is 10.0 Å². The van der Waals surface area contributed by atoms with Crippen molar-refractivity contribution in [2.24, 2.45) is 0 Å². The summed E-state index contributed by atoms with van der Waals surface area (Å²) in [4.78, 5) is 16.8. The summed E-state index contributed by atoms with van der Waals surface area (Å²) in [5.74, 6) is -0.484. The number of aromatic nitrogens is 3. The molecule has 28 heavy (non-hydrogen) atoms. The number of rotatable bonds is 4. The number of nitrogens with one attached hydrogen (secondary N) is 1. The zero-order valence-electron chi connectivity index (χ0n) is 15.4. The van der Waals surface area contributed by atoms with Gasteiger partial charge in [-0.1, -0.05) is 13.3 Å². The molecule has 3 aromatic rings. The molecule has 0 aliphatic carbocycles. The Balaban J connectivity index is 1.77. The van der Waals surface area contributed by atoms with Crippen molar-refractivity contribution in [2.75, 3.05) is 6.54 Å². The van der Waals surface area contributed by atoms with Gasteiger partial charge in [0.15, 0.2) is 5.65 Å². The summed E-state index contributed by atoms with van der Waals surface area (Å²) in [7, 11) is -3.80. The van der Waals surface area contributed by atoms with Crippen LogP contribution in [0.3, 0.4) is 0 Å². The first kappa shape index (κ1) is 18.8. The normalized spacial score (nSPS) is 18.6. The minimum absolute atomic E-state index is 0.0560. The fraction of sp³-hybridized carbons (Fsp3) is 0.368. The topological polar surface area (TPSA) is 87.5 Å². The van der Waals surface area contributed by atoms with Gasteiger partial charge in [0, 0.05) is 24.4 Å². The average molecular weight is 404 g/mol. The maximum atomic E-state index is 13.2. The van der Waals surface area contributed by atoms with Crippen LogP contribution < -0.4 is 5.56 Å². The molecule has 1 aliphatic rings. The van der Waals surface area contributed by atoms with Crippen LogP contribution in [0.1, 0.15) is 43.6 Å². The molecule has 1 fully saturated rings.